The van der Waals surface area contributed by atoms with Crippen LogP contribution in [0.15, 0.2) is 72.9 Å². The molecule has 0 atom stereocenters. The molecular weight excluding hydrogens is 380 g/mol. The van der Waals surface area contributed by atoms with E-state index in [0.717, 1.165) is 0 Å². The number of ketones is 1. The van der Waals surface area contributed by atoms with E-state index in [1.54, 1.807) is 54.6 Å². The first kappa shape index (κ1) is 19.3. The Hall–Kier alpha value is -3.51. The van der Waals surface area contributed by atoms with Crippen LogP contribution in [0.5, 0.6) is 0 Å². The summed E-state index contributed by atoms with van der Waals surface area (Å²) in [5, 5.41) is 2.92. The minimum absolute atomic E-state index is 0.0915. The van der Waals surface area contributed by atoms with E-state index in [4.69, 9.17) is 16.3 Å². The smallest absolute Gasteiger partial charge is 0.339 e. The van der Waals surface area contributed by atoms with E-state index in [0.29, 0.717) is 10.6 Å². The summed E-state index contributed by atoms with van der Waals surface area (Å²) in [6, 6.07) is 18.0. The van der Waals surface area contributed by atoms with Crippen molar-refractivity contribution in [2.24, 2.45) is 0 Å². The molecule has 0 unspecified atom stereocenters. The van der Waals surface area contributed by atoms with Gasteiger partial charge >= 0.3 is 5.97 Å². The Morgan fingerprint density at radius 3 is 2.25 bits per heavy atom. The number of rotatable bonds is 6. The van der Waals surface area contributed by atoms with Gasteiger partial charge in [0.25, 0.3) is 5.91 Å². The molecule has 0 aliphatic rings. The zero-order chi connectivity index (χ0) is 19.9. The van der Waals surface area contributed by atoms with Crippen molar-refractivity contribution in [3.05, 3.63) is 94.6 Å². The van der Waals surface area contributed by atoms with Gasteiger partial charge in [-0.05, 0) is 18.2 Å². The molecule has 3 aromatic rings. The minimum Gasteiger partial charge on any atom is -0.452 e. The van der Waals surface area contributed by atoms with Gasteiger partial charge in [0.15, 0.2) is 12.4 Å². The van der Waals surface area contributed by atoms with E-state index < -0.39 is 18.5 Å². The van der Waals surface area contributed by atoms with E-state index in [-0.39, 0.29) is 22.7 Å². The van der Waals surface area contributed by atoms with E-state index in [1.807, 2.05) is 0 Å². The lowest BCUT2D eigenvalue weighted by Crippen LogP contribution is -2.22. The number of carbonyl (C=O) groups is 3. The second-order valence-electron chi connectivity index (χ2n) is 5.73. The summed E-state index contributed by atoms with van der Waals surface area (Å²) in [6.07, 6.45) is 1.38. The summed E-state index contributed by atoms with van der Waals surface area (Å²) in [5.41, 5.74) is 0.751. The second kappa shape index (κ2) is 8.92. The van der Waals surface area contributed by atoms with Crippen LogP contribution in [0, 0.1) is 0 Å². The Balaban J connectivity index is 1.67. The molecule has 0 radical (unpaired) electrons. The Morgan fingerprint density at radius 2 is 1.57 bits per heavy atom. The molecule has 7 heteroatoms. The van der Waals surface area contributed by atoms with Crippen LogP contribution in [-0.4, -0.2) is 29.3 Å². The van der Waals surface area contributed by atoms with Gasteiger partial charge in [-0.3, -0.25) is 9.59 Å². The molecule has 0 aliphatic carbocycles. The molecule has 1 N–H and O–H groups in total. The van der Waals surface area contributed by atoms with Crippen LogP contribution in [0.25, 0.3) is 0 Å². The van der Waals surface area contributed by atoms with Gasteiger partial charge in [-0.25, -0.2) is 9.78 Å². The highest BCUT2D eigenvalue weighted by molar-refractivity contribution is 6.30. The predicted octanol–water partition coefficient (Wildman–Crippen LogP) is 3.76. The lowest BCUT2D eigenvalue weighted by atomic mass is 9.98. The van der Waals surface area contributed by atoms with Crippen molar-refractivity contribution in [2.45, 2.75) is 0 Å². The summed E-state index contributed by atoms with van der Waals surface area (Å²) >= 11 is 5.73. The second-order valence-corrected chi connectivity index (χ2v) is 6.16. The molecule has 1 heterocycles. The number of halogens is 1. The third-order valence-electron chi connectivity index (χ3n) is 3.76. The third kappa shape index (κ3) is 4.81. The lowest BCUT2D eigenvalue weighted by molar-refractivity contribution is -0.119. The number of anilines is 1. The first-order chi connectivity index (χ1) is 13.5. The molecule has 3 rings (SSSR count). The molecule has 28 heavy (non-hydrogen) atoms. The highest BCUT2D eigenvalue weighted by atomic mass is 35.5. The maximum absolute atomic E-state index is 12.7. The number of ether oxygens (including phenoxy) is 1. The zero-order valence-corrected chi connectivity index (χ0v) is 15.3. The summed E-state index contributed by atoms with van der Waals surface area (Å²) in [6.45, 7) is -0.517. The van der Waals surface area contributed by atoms with Crippen LogP contribution in [0.4, 0.5) is 5.82 Å². The van der Waals surface area contributed by atoms with Gasteiger partial charge in [0.2, 0.25) is 0 Å². The monoisotopic (exact) mass is 394 g/mol. The van der Waals surface area contributed by atoms with Crippen LogP contribution in [0.2, 0.25) is 5.02 Å². The SMILES string of the molecule is O=C(COC(=O)c1ccccc1C(=O)c1ccccc1)Nc1ccc(Cl)cn1. The predicted molar refractivity (Wildman–Crippen MR) is 104 cm³/mol. The highest BCUT2D eigenvalue weighted by Gasteiger charge is 2.19. The fraction of sp³-hybridized carbons (Fsp3) is 0.0476. The van der Waals surface area contributed by atoms with Gasteiger partial charge in [0.1, 0.15) is 5.82 Å². The number of aromatic nitrogens is 1. The molecule has 0 saturated heterocycles. The Labute approximate surface area is 166 Å². The number of nitrogens with one attached hydrogen (secondary N) is 1. The van der Waals surface area contributed by atoms with E-state index in [9.17, 15) is 14.4 Å². The number of pyridine rings is 1. The first-order valence-corrected chi connectivity index (χ1v) is 8.69. The number of carbonyl (C=O) groups excluding carboxylic acids is 3. The largest absolute Gasteiger partial charge is 0.452 e. The molecular formula is C21H15ClN2O4. The minimum atomic E-state index is -0.765. The van der Waals surface area contributed by atoms with Crippen LogP contribution in [0.3, 0.4) is 0 Å². The summed E-state index contributed by atoms with van der Waals surface area (Å²) in [5.74, 6) is -1.35. The fourth-order valence-corrected chi connectivity index (χ4v) is 2.55. The molecule has 0 spiro atoms. The number of esters is 1. The van der Waals surface area contributed by atoms with Crippen molar-refractivity contribution < 1.29 is 19.1 Å². The van der Waals surface area contributed by atoms with E-state index in [2.05, 4.69) is 10.3 Å². The Bertz CT molecular complexity index is 1000. The van der Waals surface area contributed by atoms with Gasteiger partial charge in [-0.15, -0.1) is 0 Å². The Kier molecular flexibility index (Phi) is 6.14. The molecule has 0 fully saturated rings. The van der Waals surface area contributed by atoms with Crippen molar-refractivity contribution in [3.8, 4) is 0 Å². The van der Waals surface area contributed by atoms with Gasteiger partial charge < -0.3 is 10.1 Å². The van der Waals surface area contributed by atoms with E-state index >= 15 is 0 Å². The molecule has 6 nitrogen and oxygen atoms in total. The van der Waals surface area contributed by atoms with Crippen molar-refractivity contribution in [3.63, 3.8) is 0 Å². The maximum Gasteiger partial charge on any atom is 0.339 e. The fourth-order valence-electron chi connectivity index (χ4n) is 2.44. The average Bonchev–Trinajstić information content (AvgIpc) is 2.74. The van der Waals surface area contributed by atoms with Crippen LogP contribution in [-0.2, 0) is 9.53 Å². The number of hydrogen-bond donors (Lipinski definition) is 1. The molecule has 0 aliphatic heterocycles. The van der Waals surface area contributed by atoms with Crippen molar-refractivity contribution in [1.29, 1.82) is 0 Å². The van der Waals surface area contributed by atoms with Gasteiger partial charge in [-0.1, -0.05) is 60.1 Å². The highest BCUT2D eigenvalue weighted by Crippen LogP contribution is 2.16. The summed E-state index contributed by atoms with van der Waals surface area (Å²) in [7, 11) is 0. The van der Waals surface area contributed by atoms with E-state index in [1.165, 1.54) is 18.3 Å². The maximum atomic E-state index is 12.7. The summed E-state index contributed by atoms with van der Waals surface area (Å²) < 4.78 is 5.06. The van der Waals surface area contributed by atoms with Crippen LogP contribution >= 0.6 is 11.6 Å². The normalized spacial score (nSPS) is 10.2. The van der Waals surface area contributed by atoms with Crippen LogP contribution < -0.4 is 5.32 Å². The lowest BCUT2D eigenvalue weighted by Gasteiger charge is -2.09. The first-order valence-electron chi connectivity index (χ1n) is 8.32. The molecule has 0 saturated carbocycles. The standard InChI is InChI=1S/C21H15ClN2O4/c22-15-10-11-18(23-12-15)24-19(25)13-28-21(27)17-9-5-4-8-16(17)20(26)14-6-2-1-3-7-14/h1-12H,13H2,(H,23,24,25). The zero-order valence-electron chi connectivity index (χ0n) is 14.6. The van der Waals surface area contributed by atoms with Gasteiger partial charge in [0, 0.05) is 17.3 Å². The third-order valence-corrected chi connectivity index (χ3v) is 3.98. The number of benzene rings is 2. The molecule has 1 aromatic heterocycles. The molecule has 1 amide bonds. The number of nitrogens with zero attached hydrogens (tertiary/aromatic N) is 1. The number of hydrogen-bond acceptors (Lipinski definition) is 5. The quantitative estimate of drug-likeness (QED) is 0.508. The summed E-state index contributed by atoms with van der Waals surface area (Å²) in [4.78, 5) is 41.0. The van der Waals surface area contributed by atoms with Crippen LogP contribution in [0.1, 0.15) is 26.3 Å². The average molecular weight is 395 g/mol. The topological polar surface area (TPSA) is 85.4 Å². The van der Waals surface area contributed by atoms with Crippen molar-refractivity contribution in [1.82, 2.24) is 4.98 Å². The van der Waals surface area contributed by atoms with Gasteiger partial charge in [0.05, 0.1) is 10.6 Å². The molecule has 140 valence electrons. The van der Waals surface area contributed by atoms with Crippen molar-refractivity contribution in [2.75, 3.05) is 11.9 Å². The molecule has 2 aromatic carbocycles. The van der Waals surface area contributed by atoms with Gasteiger partial charge in [-0.2, -0.15) is 0 Å². The molecule has 0 bridgehead atoms. The Morgan fingerprint density at radius 1 is 0.893 bits per heavy atom. The number of amides is 1. The van der Waals surface area contributed by atoms with Crippen molar-refractivity contribution >= 4 is 35.1 Å².